The fourth-order valence-electron chi connectivity index (χ4n) is 2.22. The van der Waals surface area contributed by atoms with Gasteiger partial charge in [-0.25, -0.2) is 0 Å². The Hall–Kier alpha value is -0.610. The number of ether oxygens (including phenoxy) is 2. The molecule has 0 aromatic heterocycles. The summed E-state index contributed by atoms with van der Waals surface area (Å²) < 4.78 is 11.2. The number of hydrogen-bond acceptors (Lipinski definition) is 3. The summed E-state index contributed by atoms with van der Waals surface area (Å²) in [5.74, 6) is -0.0411. The Kier molecular flexibility index (Phi) is 2.98. The molecule has 0 aromatic rings. The molecule has 86 valence electrons. The molecule has 0 aliphatic carbocycles. The van der Waals surface area contributed by atoms with Crippen molar-refractivity contribution in [1.29, 1.82) is 0 Å². The molecule has 0 radical (unpaired) electrons. The van der Waals surface area contributed by atoms with Gasteiger partial charge in [0.05, 0.1) is 13.2 Å². The van der Waals surface area contributed by atoms with Crippen LogP contribution in [0.1, 0.15) is 26.7 Å². The average Bonchev–Trinajstić information content (AvgIpc) is 2.67. The Morgan fingerprint density at radius 1 is 1.20 bits per heavy atom. The minimum absolute atomic E-state index is 0.0875. The molecule has 0 atom stereocenters. The SMILES string of the molecule is CC(C)C(=O)N1CCC2(CC1)OCCO2. The lowest BCUT2D eigenvalue weighted by Crippen LogP contribution is -2.48. The van der Waals surface area contributed by atoms with Gasteiger partial charge in [0, 0.05) is 31.8 Å². The number of amides is 1. The van der Waals surface area contributed by atoms with Crippen molar-refractivity contribution in [3.8, 4) is 0 Å². The largest absolute Gasteiger partial charge is 0.347 e. The first kappa shape index (κ1) is 10.9. The zero-order chi connectivity index (χ0) is 10.9. The molecular weight excluding hydrogens is 194 g/mol. The van der Waals surface area contributed by atoms with E-state index in [9.17, 15) is 4.79 Å². The van der Waals surface area contributed by atoms with E-state index in [0.29, 0.717) is 13.2 Å². The molecule has 0 unspecified atom stereocenters. The van der Waals surface area contributed by atoms with Crippen LogP contribution >= 0.6 is 0 Å². The van der Waals surface area contributed by atoms with Crippen LogP contribution in [-0.4, -0.2) is 42.9 Å². The van der Waals surface area contributed by atoms with Crippen LogP contribution in [-0.2, 0) is 14.3 Å². The summed E-state index contributed by atoms with van der Waals surface area (Å²) in [5, 5.41) is 0. The summed E-state index contributed by atoms with van der Waals surface area (Å²) >= 11 is 0. The third-order valence-electron chi connectivity index (χ3n) is 3.14. The van der Waals surface area contributed by atoms with Gasteiger partial charge in [0.1, 0.15) is 0 Å². The van der Waals surface area contributed by atoms with Crippen molar-refractivity contribution in [2.45, 2.75) is 32.5 Å². The summed E-state index contributed by atoms with van der Waals surface area (Å²) in [5.41, 5.74) is 0. The maximum Gasteiger partial charge on any atom is 0.225 e. The van der Waals surface area contributed by atoms with Gasteiger partial charge in [0.2, 0.25) is 5.91 Å². The minimum atomic E-state index is -0.367. The van der Waals surface area contributed by atoms with Crippen molar-refractivity contribution in [1.82, 2.24) is 4.90 Å². The maximum atomic E-state index is 11.7. The lowest BCUT2D eigenvalue weighted by atomic mass is 10.0. The molecule has 15 heavy (non-hydrogen) atoms. The first-order valence-electron chi connectivity index (χ1n) is 5.70. The van der Waals surface area contributed by atoms with E-state index in [0.717, 1.165) is 25.9 Å². The van der Waals surface area contributed by atoms with E-state index >= 15 is 0 Å². The highest BCUT2D eigenvalue weighted by Crippen LogP contribution is 2.31. The van der Waals surface area contributed by atoms with Crippen molar-refractivity contribution < 1.29 is 14.3 Å². The number of carbonyl (C=O) groups excluding carboxylic acids is 1. The van der Waals surface area contributed by atoms with E-state index in [1.807, 2.05) is 18.7 Å². The van der Waals surface area contributed by atoms with E-state index in [1.54, 1.807) is 0 Å². The van der Waals surface area contributed by atoms with Crippen LogP contribution < -0.4 is 0 Å². The molecule has 2 aliphatic rings. The molecule has 2 rings (SSSR count). The predicted molar refractivity (Wildman–Crippen MR) is 55.3 cm³/mol. The van der Waals surface area contributed by atoms with Crippen molar-refractivity contribution >= 4 is 5.91 Å². The summed E-state index contributed by atoms with van der Waals surface area (Å²) in [6.45, 7) is 6.79. The second-order valence-corrected chi connectivity index (χ2v) is 4.59. The van der Waals surface area contributed by atoms with E-state index in [2.05, 4.69) is 0 Å². The van der Waals surface area contributed by atoms with Gasteiger partial charge in [-0.3, -0.25) is 4.79 Å². The quantitative estimate of drug-likeness (QED) is 0.652. The van der Waals surface area contributed by atoms with Crippen molar-refractivity contribution in [3.05, 3.63) is 0 Å². The summed E-state index contributed by atoms with van der Waals surface area (Å²) in [6.07, 6.45) is 1.62. The lowest BCUT2D eigenvalue weighted by Gasteiger charge is -2.38. The maximum absolute atomic E-state index is 11.7. The third-order valence-corrected chi connectivity index (χ3v) is 3.14. The van der Waals surface area contributed by atoms with E-state index < -0.39 is 0 Å². The van der Waals surface area contributed by atoms with Crippen LogP contribution in [0, 0.1) is 5.92 Å². The topological polar surface area (TPSA) is 38.8 Å². The fourth-order valence-corrected chi connectivity index (χ4v) is 2.22. The van der Waals surface area contributed by atoms with Crippen LogP contribution in [0.2, 0.25) is 0 Å². The first-order chi connectivity index (χ1) is 7.13. The lowest BCUT2D eigenvalue weighted by molar-refractivity contribution is -0.188. The Labute approximate surface area is 90.5 Å². The summed E-state index contributed by atoms with van der Waals surface area (Å²) in [7, 11) is 0. The highest BCUT2D eigenvalue weighted by atomic mass is 16.7. The second kappa shape index (κ2) is 4.10. The van der Waals surface area contributed by atoms with Crippen molar-refractivity contribution in [2.75, 3.05) is 26.3 Å². The van der Waals surface area contributed by atoms with Crippen LogP contribution in [0.3, 0.4) is 0 Å². The van der Waals surface area contributed by atoms with Gasteiger partial charge >= 0.3 is 0 Å². The van der Waals surface area contributed by atoms with Gasteiger partial charge in [-0.05, 0) is 0 Å². The Bertz CT molecular complexity index is 236. The molecule has 4 heteroatoms. The minimum Gasteiger partial charge on any atom is -0.347 e. The predicted octanol–water partition coefficient (Wildman–Crippen LogP) is 1.01. The number of carbonyl (C=O) groups is 1. The highest BCUT2D eigenvalue weighted by Gasteiger charge is 2.40. The van der Waals surface area contributed by atoms with Crippen LogP contribution in [0.25, 0.3) is 0 Å². The molecule has 0 saturated carbocycles. The molecule has 0 aromatic carbocycles. The molecule has 2 aliphatic heterocycles. The Morgan fingerprint density at radius 3 is 2.20 bits per heavy atom. The molecule has 2 fully saturated rings. The standard InChI is InChI=1S/C11H19NO3/c1-9(2)10(13)12-5-3-11(4-6-12)14-7-8-15-11/h9H,3-8H2,1-2H3. The average molecular weight is 213 g/mol. The molecule has 1 amide bonds. The van der Waals surface area contributed by atoms with Gasteiger partial charge in [-0.2, -0.15) is 0 Å². The first-order valence-corrected chi connectivity index (χ1v) is 5.70. The monoisotopic (exact) mass is 213 g/mol. The Morgan fingerprint density at radius 2 is 1.73 bits per heavy atom. The zero-order valence-electron chi connectivity index (χ0n) is 9.49. The van der Waals surface area contributed by atoms with Gasteiger partial charge in [0.25, 0.3) is 0 Å². The number of hydrogen-bond donors (Lipinski definition) is 0. The molecular formula is C11H19NO3. The number of likely N-dealkylation sites (tertiary alicyclic amines) is 1. The third kappa shape index (κ3) is 2.16. The molecule has 2 heterocycles. The molecule has 1 spiro atoms. The smallest absolute Gasteiger partial charge is 0.225 e. The molecule has 4 nitrogen and oxygen atoms in total. The molecule has 0 N–H and O–H groups in total. The van der Waals surface area contributed by atoms with Gasteiger partial charge in [-0.1, -0.05) is 13.8 Å². The van der Waals surface area contributed by atoms with Crippen LogP contribution in [0.15, 0.2) is 0 Å². The van der Waals surface area contributed by atoms with Crippen molar-refractivity contribution in [3.63, 3.8) is 0 Å². The number of nitrogens with zero attached hydrogens (tertiary/aromatic N) is 1. The van der Waals surface area contributed by atoms with Crippen LogP contribution in [0.5, 0.6) is 0 Å². The van der Waals surface area contributed by atoms with Gasteiger partial charge in [0.15, 0.2) is 5.79 Å². The number of piperidine rings is 1. The highest BCUT2D eigenvalue weighted by molar-refractivity contribution is 5.78. The van der Waals surface area contributed by atoms with E-state index in [1.165, 1.54) is 0 Å². The van der Waals surface area contributed by atoms with Gasteiger partial charge < -0.3 is 14.4 Å². The fraction of sp³-hybridized carbons (Fsp3) is 0.909. The summed E-state index contributed by atoms with van der Waals surface area (Å²) in [4.78, 5) is 13.7. The normalized spacial score (nSPS) is 25.1. The summed E-state index contributed by atoms with van der Waals surface area (Å²) in [6, 6.07) is 0. The number of rotatable bonds is 1. The van der Waals surface area contributed by atoms with Crippen LogP contribution in [0.4, 0.5) is 0 Å². The zero-order valence-corrected chi connectivity index (χ0v) is 9.49. The van der Waals surface area contributed by atoms with Crippen molar-refractivity contribution in [2.24, 2.45) is 5.92 Å². The van der Waals surface area contributed by atoms with E-state index in [-0.39, 0.29) is 17.6 Å². The Balaban J connectivity index is 1.89. The van der Waals surface area contributed by atoms with Gasteiger partial charge in [-0.15, -0.1) is 0 Å². The van der Waals surface area contributed by atoms with E-state index in [4.69, 9.17) is 9.47 Å². The second-order valence-electron chi connectivity index (χ2n) is 4.59. The molecule has 0 bridgehead atoms. The molecule has 2 saturated heterocycles.